The number of ether oxygens (including phenoxy) is 2. The van der Waals surface area contributed by atoms with Gasteiger partial charge in [-0.25, -0.2) is 0 Å². The molecule has 5 nitrogen and oxygen atoms in total. The number of aromatic nitrogens is 1. The zero-order valence-electron chi connectivity index (χ0n) is 14.5. The molecule has 1 heterocycles. The van der Waals surface area contributed by atoms with Crippen molar-refractivity contribution in [1.29, 1.82) is 0 Å². The van der Waals surface area contributed by atoms with Crippen molar-refractivity contribution in [2.45, 2.75) is 65.3 Å². The summed E-state index contributed by atoms with van der Waals surface area (Å²) in [6.07, 6.45) is 3.49. The van der Waals surface area contributed by atoms with E-state index in [9.17, 15) is 4.79 Å². The average molecular weight is 308 g/mol. The molecule has 0 radical (unpaired) electrons. The van der Waals surface area contributed by atoms with E-state index in [2.05, 4.69) is 10.3 Å². The van der Waals surface area contributed by atoms with Crippen molar-refractivity contribution >= 4 is 5.97 Å². The van der Waals surface area contributed by atoms with Gasteiger partial charge in [0.25, 0.3) is 0 Å². The third-order valence-corrected chi connectivity index (χ3v) is 2.65. The van der Waals surface area contributed by atoms with Gasteiger partial charge in [0, 0.05) is 18.9 Å². The zero-order valence-corrected chi connectivity index (χ0v) is 14.5. The number of hydrogen-bond donors (Lipinski definition) is 1. The van der Waals surface area contributed by atoms with E-state index in [0.29, 0.717) is 6.54 Å². The number of carbonyl (C=O) groups is 1. The quantitative estimate of drug-likeness (QED) is 0.819. The van der Waals surface area contributed by atoms with Gasteiger partial charge in [-0.2, -0.15) is 0 Å². The lowest BCUT2D eigenvalue weighted by molar-refractivity contribution is -0.160. The van der Waals surface area contributed by atoms with Crippen LogP contribution >= 0.6 is 0 Å². The molecule has 0 aromatic carbocycles. The Kier molecular flexibility index (Phi) is 6.50. The minimum atomic E-state index is -0.521. The molecule has 5 heteroatoms. The summed E-state index contributed by atoms with van der Waals surface area (Å²) in [7, 11) is 0. The van der Waals surface area contributed by atoms with Gasteiger partial charge in [0.1, 0.15) is 11.6 Å². The van der Waals surface area contributed by atoms with Crippen molar-refractivity contribution in [2.24, 2.45) is 0 Å². The summed E-state index contributed by atoms with van der Waals surface area (Å²) < 4.78 is 11.2. The van der Waals surface area contributed by atoms with E-state index >= 15 is 0 Å². The molecule has 0 aliphatic rings. The normalized spacial score (nSPS) is 13.7. The number of pyridine rings is 1. The summed E-state index contributed by atoms with van der Waals surface area (Å²) in [5, 5.41) is 3.19. The monoisotopic (exact) mass is 308 g/mol. The fourth-order valence-corrected chi connectivity index (χ4v) is 1.66. The average Bonchev–Trinajstić information content (AvgIpc) is 2.36. The van der Waals surface area contributed by atoms with Gasteiger partial charge in [0.05, 0.1) is 12.2 Å². The van der Waals surface area contributed by atoms with Gasteiger partial charge in [-0.05, 0) is 53.2 Å². The van der Waals surface area contributed by atoms with Gasteiger partial charge < -0.3 is 9.47 Å². The van der Waals surface area contributed by atoms with Crippen LogP contribution < -0.4 is 5.32 Å². The second-order valence-corrected chi connectivity index (χ2v) is 7.25. The molecule has 0 fully saturated rings. The predicted molar refractivity (Wildman–Crippen MR) is 86.4 cm³/mol. The van der Waals surface area contributed by atoms with Gasteiger partial charge in [-0.3, -0.25) is 15.1 Å². The molecule has 1 aromatic heterocycles. The summed E-state index contributed by atoms with van der Waals surface area (Å²) in [5.74, 6) is -0.305. The highest BCUT2D eigenvalue weighted by atomic mass is 16.6. The number of nitrogens with one attached hydrogen (secondary N) is 1. The number of hydrogen-bond acceptors (Lipinski definition) is 5. The molecule has 1 aromatic rings. The Morgan fingerprint density at radius 2 is 1.91 bits per heavy atom. The highest BCUT2D eigenvalue weighted by molar-refractivity contribution is 5.76. The maximum atomic E-state index is 12.3. The van der Waals surface area contributed by atoms with Crippen LogP contribution in [0.5, 0.6) is 0 Å². The molecule has 0 aliphatic carbocycles. The molecule has 0 unspecified atom stereocenters. The molecule has 1 atom stereocenters. The van der Waals surface area contributed by atoms with Crippen LogP contribution in [0, 0.1) is 0 Å². The zero-order chi connectivity index (χ0) is 16.8. The standard InChI is InChI=1S/C17H28N2O3/c1-16(2,3)21-12-14(15(20)22-17(4,5)6)19-11-13-8-7-9-18-10-13/h7-10,14,19H,11-12H2,1-6H3/t14-/m0/s1. The Labute approximate surface area is 133 Å². The number of nitrogens with zero attached hydrogens (tertiary/aromatic N) is 1. The highest BCUT2D eigenvalue weighted by Crippen LogP contribution is 2.12. The van der Waals surface area contributed by atoms with Crippen LogP contribution in [0.15, 0.2) is 24.5 Å². The van der Waals surface area contributed by atoms with Crippen molar-refractivity contribution in [3.05, 3.63) is 30.1 Å². The number of esters is 1. The van der Waals surface area contributed by atoms with E-state index in [4.69, 9.17) is 9.47 Å². The molecule has 0 spiro atoms. The first-order chi connectivity index (χ1) is 10.1. The van der Waals surface area contributed by atoms with Crippen molar-refractivity contribution < 1.29 is 14.3 Å². The third-order valence-electron chi connectivity index (χ3n) is 2.65. The minimum Gasteiger partial charge on any atom is -0.459 e. The van der Waals surface area contributed by atoms with Crippen molar-refractivity contribution in [3.8, 4) is 0 Å². The SMILES string of the molecule is CC(C)(C)OC[C@H](NCc1cccnc1)C(=O)OC(C)(C)C. The lowest BCUT2D eigenvalue weighted by atomic mass is 10.1. The maximum absolute atomic E-state index is 12.3. The molecule has 0 bridgehead atoms. The van der Waals surface area contributed by atoms with Crippen LogP contribution in [0.2, 0.25) is 0 Å². The summed E-state index contributed by atoms with van der Waals surface area (Å²) >= 11 is 0. The van der Waals surface area contributed by atoms with E-state index in [-0.39, 0.29) is 18.2 Å². The van der Waals surface area contributed by atoms with Crippen LogP contribution in [0.3, 0.4) is 0 Å². The van der Waals surface area contributed by atoms with Crippen molar-refractivity contribution in [2.75, 3.05) is 6.61 Å². The lowest BCUT2D eigenvalue weighted by Crippen LogP contribution is -2.45. The Hall–Kier alpha value is -1.46. The molecular formula is C17H28N2O3. The van der Waals surface area contributed by atoms with Gasteiger partial charge in [0.15, 0.2) is 0 Å². The van der Waals surface area contributed by atoms with Gasteiger partial charge in [-0.15, -0.1) is 0 Å². The maximum Gasteiger partial charge on any atom is 0.326 e. The summed E-state index contributed by atoms with van der Waals surface area (Å²) in [6.45, 7) is 12.2. The second-order valence-electron chi connectivity index (χ2n) is 7.25. The molecule has 0 saturated carbocycles. The largest absolute Gasteiger partial charge is 0.459 e. The molecule has 1 N–H and O–H groups in total. The summed E-state index contributed by atoms with van der Waals surface area (Å²) in [4.78, 5) is 16.4. The number of carbonyl (C=O) groups excluding carboxylic acids is 1. The van der Waals surface area contributed by atoms with E-state index in [1.54, 1.807) is 12.4 Å². The predicted octanol–water partition coefficient (Wildman–Crippen LogP) is 2.70. The molecule has 0 saturated heterocycles. The van der Waals surface area contributed by atoms with Crippen molar-refractivity contribution in [1.82, 2.24) is 10.3 Å². The first-order valence-corrected chi connectivity index (χ1v) is 7.56. The van der Waals surface area contributed by atoms with Gasteiger partial charge in [-0.1, -0.05) is 6.07 Å². The molecule has 0 aliphatic heterocycles. The van der Waals surface area contributed by atoms with Gasteiger partial charge in [0.2, 0.25) is 0 Å². The smallest absolute Gasteiger partial charge is 0.326 e. The highest BCUT2D eigenvalue weighted by Gasteiger charge is 2.26. The van der Waals surface area contributed by atoms with Crippen molar-refractivity contribution in [3.63, 3.8) is 0 Å². The Morgan fingerprint density at radius 1 is 1.23 bits per heavy atom. The molecule has 0 amide bonds. The minimum absolute atomic E-state index is 0.263. The first-order valence-electron chi connectivity index (χ1n) is 7.56. The lowest BCUT2D eigenvalue weighted by Gasteiger charge is -2.27. The Morgan fingerprint density at radius 3 is 2.41 bits per heavy atom. The van der Waals surface area contributed by atoms with E-state index in [0.717, 1.165) is 5.56 Å². The Balaban J connectivity index is 2.66. The van der Waals surface area contributed by atoms with Crippen LogP contribution in [0.25, 0.3) is 0 Å². The topological polar surface area (TPSA) is 60.5 Å². The number of rotatable bonds is 6. The summed E-state index contributed by atoms with van der Waals surface area (Å²) in [6, 6.07) is 3.31. The molecule has 22 heavy (non-hydrogen) atoms. The van der Waals surface area contributed by atoms with Crippen LogP contribution in [-0.2, 0) is 20.8 Å². The first kappa shape index (κ1) is 18.6. The Bertz CT molecular complexity index is 461. The summed E-state index contributed by atoms with van der Waals surface area (Å²) in [5.41, 5.74) is 0.176. The fraction of sp³-hybridized carbons (Fsp3) is 0.647. The third kappa shape index (κ3) is 8.10. The van der Waals surface area contributed by atoms with Crippen LogP contribution in [0.1, 0.15) is 47.1 Å². The van der Waals surface area contributed by atoms with Gasteiger partial charge >= 0.3 is 5.97 Å². The van der Waals surface area contributed by atoms with Crippen LogP contribution in [0.4, 0.5) is 0 Å². The molecule has 1 rings (SSSR count). The second kappa shape index (κ2) is 7.70. The van der Waals surface area contributed by atoms with E-state index in [1.807, 2.05) is 53.7 Å². The van der Waals surface area contributed by atoms with E-state index < -0.39 is 11.6 Å². The van der Waals surface area contributed by atoms with Crippen LogP contribution in [-0.4, -0.2) is 34.8 Å². The molecule has 124 valence electrons. The molecular weight excluding hydrogens is 280 g/mol. The van der Waals surface area contributed by atoms with E-state index in [1.165, 1.54) is 0 Å². The fourth-order valence-electron chi connectivity index (χ4n) is 1.66.